The lowest BCUT2D eigenvalue weighted by Crippen LogP contribution is -2.24. The molecule has 0 radical (unpaired) electrons. The number of halogens is 4. The van der Waals surface area contributed by atoms with Crippen LogP contribution in [0.25, 0.3) is 44.3 Å². The highest BCUT2D eigenvalue weighted by molar-refractivity contribution is 6.09. The lowest BCUT2D eigenvalue weighted by molar-refractivity contribution is 0.563. The zero-order valence-corrected chi connectivity index (χ0v) is 38.0. The first-order valence-electron chi connectivity index (χ1n) is 22.7. The maximum absolute atomic E-state index is 16.1. The fourth-order valence-corrected chi connectivity index (χ4v) is 9.15. The fraction of sp³-hybridized carbons (Fsp3) is 0.119. The number of pyridine rings is 2. The van der Waals surface area contributed by atoms with E-state index in [4.69, 9.17) is 9.97 Å². The van der Waals surface area contributed by atoms with Crippen LogP contribution >= 0.6 is 0 Å². The molecule has 0 saturated carbocycles. The minimum absolute atomic E-state index is 0.112. The molecule has 336 valence electrons. The van der Waals surface area contributed by atoms with Crippen molar-refractivity contribution in [3.05, 3.63) is 229 Å². The van der Waals surface area contributed by atoms with Crippen LogP contribution in [0.4, 0.5) is 51.7 Å². The number of fused-ring (bicyclic) bond motifs is 3. The van der Waals surface area contributed by atoms with E-state index in [2.05, 4.69) is 70.7 Å². The minimum Gasteiger partial charge on any atom is -0.338 e. The summed E-state index contributed by atoms with van der Waals surface area (Å²) in [5.41, 5.74) is 7.68. The molecule has 1 unspecified atom stereocenters. The van der Waals surface area contributed by atoms with Gasteiger partial charge in [0.05, 0.1) is 34.2 Å². The van der Waals surface area contributed by atoms with Crippen molar-refractivity contribution < 1.29 is 17.6 Å². The Morgan fingerprint density at radius 3 is 1.37 bits per heavy atom. The van der Waals surface area contributed by atoms with Crippen LogP contribution in [-0.4, -0.2) is 14.5 Å². The van der Waals surface area contributed by atoms with Crippen molar-refractivity contribution in [3.8, 4) is 22.5 Å². The molecule has 0 aliphatic rings. The Morgan fingerprint density at radius 1 is 0.456 bits per heavy atom. The van der Waals surface area contributed by atoms with Gasteiger partial charge in [-0.3, -0.25) is 9.97 Å². The molecule has 10 rings (SSSR count). The number of rotatable bonds is 12. The Labute approximate surface area is 393 Å². The Balaban J connectivity index is 1.22. The molecule has 0 aliphatic carbocycles. The van der Waals surface area contributed by atoms with Gasteiger partial charge in [-0.1, -0.05) is 79.7 Å². The van der Waals surface area contributed by atoms with Crippen LogP contribution in [-0.2, 0) is 5.41 Å². The molecule has 0 bridgehead atoms. The van der Waals surface area contributed by atoms with Gasteiger partial charge in [0.15, 0.2) is 0 Å². The average molecular weight is 902 g/mol. The molecule has 10 aromatic rings. The maximum Gasteiger partial charge on any atom is 0.135 e. The average Bonchev–Trinajstić information content (AvgIpc) is 3.68. The summed E-state index contributed by atoms with van der Waals surface area (Å²) in [4.78, 5) is 14.5. The van der Waals surface area contributed by atoms with Crippen molar-refractivity contribution in [2.45, 2.75) is 45.6 Å². The second-order valence-electron chi connectivity index (χ2n) is 17.6. The first kappa shape index (κ1) is 43.8. The van der Waals surface area contributed by atoms with Crippen LogP contribution < -0.4 is 9.80 Å². The van der Waals surface area contributed by atoms with Gasteiger partial charge in [-0.15, -0.1) is 0 Å². The molecule has 0 saturated heterocycles. The molecule has 3 aromatic heterocycles. The number of para-hydroxylation sites is 4. The molecule has 5 nitrogen and oxygen atoms in total. The first-order chi connectivity index (χ1) is 33.0. The van der Waals surface area contributed by atoms with E-state index in [9.17, 15) is 8.78 Å². The van der Waals surface area contributed by atoms with E-state index in [1.807, 2.05) is 123 Å². The Bertz CT molecular complexity index is 3410. The van der Waals surface area contributed by atoms with E-state index >= 15 is 8.78 Å². The van der Waals surface area contributed by atoms with E-state index in [1.54, 1.807) is 6.07 Å². The highest BCUT2D eigenvalue weighted by atomic mass is 19.1. The van der Waals surface area contributed by atoms with Crippen LogP contribution in [0.1, 0.15) is 51.5 Å². The monoisotopic (exact) mass is 901 g/mol. The van der Waals surface area contributed by atoms with Gasteiger partial charge in [-0.05, 0) is 136 Å². The molecule has 1 atom stereocenters. The number of aromatic nitrogens is 3. The summed E-state index contributed by atoms with van der Waals surface area (Å²) in [6, 6.07) is 59.2. The normalized spacial score (nSPS) is 12.1. The summed E-state index contributed by atoms with van der Waals surface area (Å²) in [6.45, 7) is 8.37. The smallest absolute Gasteiger partial charge is 0.135 e. The number of nitrogens with zero attached hydrogens (tertiary/aromatic N) is 5. The molecular formula is C59H47F4N5. The lowest BCUT2D eigenvalue weighted by atomic mass is 9.83. The Kier molecular flexibility index (Phi) is 11.6. The van der Waals surface area contributed by atoms with Crippen molar-refractivity contribution in [1.82, 2.24) is 14.5 Å². The molecule has 0 spiro atoms. The zero-order valence-electron chi connectivity index (χ0n) is 38.0. The van der Waals surface area contributed by atoms with Crippen molar-refractivity contribution >= 4 is 55.9 Å². The molecule has 9 heteroatoms. The van der Waals surface area contributed by atoms with E-state index in [0.717, 1.165) is 63.1 Å². The van der Waals surface area contributed by atoms with Crippen LogP contribution in [0, 0.1) is 23.3 Å². The summed E-state index contributed by atoms with van der Waals surface area (Å²) in [5, 5.41) is 2.21. The third-order valence-electron chi connectivity index (χ3n) is 12.9. The van der Waals surface area contributed by atoms with Gasteiger partial charge in [-0.2, -0.15) is 0 Å². The molecule has 7 aromatic carbocycles. The molecule has 0 aliphatic heterocycles. The maximum atomic E-state index is 16.1. The predicted molar refractivity (Wildman–Crippen MR) is 269 cm³/mol. The second kappa shape index (κ2) is 18.0. The van der Waals surface area contributed by atoms with Crippen molar-refractivity contribution in [1.29, 1.82) is 0 Å². The van der Waals surface area contributed by atoms with Crippen LogP contribution in [0.5, 0.6) is 0 Å². The topological polar surface area (TPSA) is 37.2 Å². The van der Waals surface area contributed by atoms with E-state index in [0.29, 0.717) is 22.8 Å². The van der Waals surface area contributed by atoms with Crippen molar-refractivity contribution in [3.63, 3.8) is 0 Å². The molecule has 68 heavy (non-hydrogen) atoms. The highest BCUT2D eigenvalue weighted by Gasteiger charge is 2.32. The summed E-state index contributed by atoms with van der Waals surface area (Å²) in [5.74, 6) is -2.94. The molecule has 0 amide bonds. The number of hydrogen-bond donors (Lipinski definition) is 0. The predicted octanol–water partition coefficient (Wildman–Crippen LogP) is 16.7. The summed E-state index contributed by atoms with van der Waals surface area (Å²) >= 11 is 0. The quantitative estimate of drug-likeness (QED) is 0.115. The van der Waals surface area contributed by atoms with Gasteiger partial charge in [-0.25, -0.2) is 17.6 Å². The third-order valence-corrected chi connectivity index (χ3v) is 12.9. The molecule has 0 fully saturated rings. The van der Waals surface area contributed by atoms with Crippen LogP contribution in [0.3, 0.4) is 0 Å². The number of benzene rings is 7. The highest BCUT2D eigenvalue weighted by Crippen LogP contribution is 2.45. The summed E-state index contributed by atoms with van der Waals surface area (Å²) < 4.78 is 63.4. The van der Waals surface area contributed by atoms with Crippen LogP contribution in [0.2, 0.25) is 0 Å². The third kappa shape index (κ3) is 8.14. The Morgan fingerprint density at radius 2 is 0.897 bits per heavy atom. The number of anilines is 6. The summed E-state index contributed by atoms with van der Waals surface area (Å²) in [6.07, 6.45) is 0.957. The Hall–Kier alpha value is -8.04. The van der Waals surface area contributed by atoms with Gasteiger partial charge in [0, 0.05) is 79.3 Å². The van der Waals surface area contributed by atoms with Gasteiger partial charge in [0.2, 0.25) is 0 Å². The fourth-order valence-electron chi connectivity index (χ4n) is 9.15. The second-order valence-corrected chi connectivity index (χ2v) is 17.6. The number of hydrogen-bond acceptors (Lipinski definition) is 4. The zero-order chi connectivity index (χ0) is 47.1. The van der Waals surface area contributed by atoms with E-state index in [-0.39, 0.29) is 28.6 Å². The largest absolute Gasteiger partial charge is 0.338 e. The lowest BCUT2D eigenvalue weighted by Gasteiger charge is -2.31. The first-order valence-corrected chi connectivity index (χ1v) is 22.7. The van der Waals surface area contributed by atoms with Gasteiger partial charge in [0.1, 0.15) is 23.3 Å². The van der Waals surface area contributed by atoms with Gasteiger partial charge in [0.25, 0.3) is 0 Å². The van der Waals surface area contributed by atoms with Gasteiger partial charge >= 0.3 is 0 Å². The standard InChI is InChI=1S/C59H47F4N5/c1-5-38(2)66-55-24-16-15-23-47(55)50-33-44(27-30-56(50)66)68(43-21-13-8-14-22-43)46-35-54(49-29-26-40(61)32-52(49)63)65-58(37-46)59(3,4)57-36-45(34-53(64-57)48-28-25-39(60)31-51(48)62)67(41-17-9-6-10-18-41)42-19-11-7-12-20-42/h6-38H,5H2,1-4H3. The van der Waals surface area contributed by atoms with Crippen LogP contribution in [0.15, 0.2) is 194 Å². The van der Waals surface area contributed by atoms with Crippen molar-refractivity contribution in [2.24, 2.45) is 0 Å². The SMILES string of the molecule is CCC(C)n1c2ccccc2c2cc(N(c3ccccc3)c3cc(-c4ccc(F)cc4F)nc(C(C)(C)c4cc(N(c5ccccc5)c5ccccc5)cc(-c5ccc(F)cc5F)n4)c3)ccc21. The molecule has 3 heterocycles. The molecular weight excluding hydrogens is 855 g/mol. The van der Waals surface area contributed by atoms with E-state index < -0.39 is 28.7 Å². The van der Waals surface area contributed by atoms with Crippen molar-refractivity contribution in [2.75, 3.05) is 9.80 Å². The minimum atomic E-state index is -1.07. The van der Waals surface area contributed by atoms with E-state index in [1.165, 1.54) is 24.3 Å². The van der Waals surface area contributed by atoms with Gasteiger partial charge < -0.3 is 14.4 Å². The molecule has 0 N–H and O–H groups in total. The summed E-state index contributed by atoms with van der Waals surface area (Å²) in [7, 11) is 0.